The van der Waals surface area contributed by atoms with E-state index in [0.29, 0.717) is 6.04 Å². The predicted octanol–water partition coefficient (Wildman–Crippen LogP) is 1.05. The highest BCUT2D eigenvalue weighted by atomic mass is 35.5. The van der Waals surface area contributed by atoms with Gasteiger partial charge in [-0.25, -0.2) is 0 Å². The Kier molecular flexibility index (Phi) is 4.47. The van der Waals surface area contributed by atoms with Gasteiger partial charge in [0, 0.05) is 18.4 Å². The van der Waals surface area contributed by atoms with Crippen LogP contribution in [0.15, 0.2) is 18.5 Å². The summed E-state index contributed by atoms with van der Waals surface area (Å²) in [4.78, 5) is 12.6. The number of amides is 1. The van der Waals surface area contributed by atoms with E-state index in [4.69, 9.17) is 0 Å². The van der Waals surface area contributed by atoms with Gasteiger partial charge in [-0.3, -0.25) is 9.48 Å². The van der Waals surface area contributed by atoms with E-state index in [1.807, 2.05) is 16.9 Å². The molecule has 1 aromatic heterocycles. The van der Waals surface area contributed by atoms with E-state index >= 15 is 0 Å². The number of carbonyl (C=O) groups is 1. The maximum Gasteiger partial charge on any atom is 0.248 e. The van der Waals surface area contributed by atoms with Crippen molar-refractivity contribution in [1.82, 2.24) is 20.4 Å². The molecule has 1 aromatic rings. The first kappa shape index (κ1) is 14.3. The smallest absolute Gasteiger partial charge is 0.248 e. The Balaban J connectivity index is 0.00000133. The molecule has 5 nitrogen and oxygen atoms in total. The normalized spacial score (nSPS) is 22.1. The van der Waals surface area contributed by atoms with Gasteiger partial charge in [-0.1, -0.05) is 0 Å². The van der Waals surface area contributed by atoms with Crippen molar-refractivity contribution in [2.24, 2.45) is 0 Å². The van der Waals surface area contributed by atoms with E-state index < -0.39 is 5.54 Å². The molecule has 19 heavy (non-hydrogen) atoms. The van der Waals surface area contributed by atoms with Crippen LogP contribution in [0.2, 0.25) is 0 Å². The Morgan fingerprint density at radius 2 is 2.11 bits per heavy atom. The van der Waals surface area contributed by atoms with E-state index in [-0.39, 0.29) is 18.3 Å². The molecular formula is C13H21ClN4O. The standard InChI is InChI=1S/C13H20N4O.ClH/c18-12(16-11-3-1-4-11)13(5-8-14-9-6-13)17-10-2-7-15-17;/h2,7,10-11,14H,1,3-6,8-9H2,(H,16,18);1H. The second kappa shape index (κ2) is 5.92. The Hall–Kier alpha value is -1.07. The number of nitrogens with one attached hydrogen (secondary N) is 2. The second-order valence-electron chi connectivity index (χ2n) is 5.33. The SMILES string of the molecule is Cl.O=C(NC1CCC1)C1(n2cccn2)CCNCC1. The van der Waals surface area contributed by atoms with Gasteiger partial charge in [0.25, 0.3) is 0 Å². The molecule has 1 amide bonds. The number of hydrogen-bond acceptors (Lipinski definition) is 3. The van der Waals surface area contributed by atoms with Gasteiger partial charge in [0.05, 0.1) is 0 Å². The first-order valence-electron chi connectivity index (χ1n) is 6.83. The number of nitrogens with zero attached hydrogens (tertiary/aromatic N) is 2. The van der Waals surface area contributed by atoms with Gasteiger partial charge in [0.15, 0.2) is 0 Å². The maximum atomic E-state index is 12.6. The summed E-state index contributed by atoms with van der Waals surface area (Å²) in [6.45, 7) is 1.75. The highest BCUT2D eigenvalue weighted by Gasteiger charge is 2.42. The van der Waals surface area contributed by atoms with E-state index in [2.05, 4.69) is 15.7 Å². The number of rotatable bonds is 3. The van der Waals surface area contributed by atoms with E-state index in [0.717, 1.165) is 38.8 Å². The van der Waals surface area contributed by atoms with Gasteiger partial charge < -0.3 is 10.6 Å². The third-order valence-electron chi connectivity index (χ3n) is 4.24. The van der Waals surface area contributed by atoms with Crippen molar-refractivity contribution in [2.75, 3.05) is 13.1 Å². The minimum Gasteiger partial charge on any atom is -0.351 e. The molecule has 106 valence electrons. The van der Waals surface area contributed by atoms with Crippen molar-refractivity contribution < 1.29 is 4.79 Å². The lowest BCUT2D eigenvalue weighted by atomic mass is 9.85. The minimum absolute atomic E-state index is 0. The lowest BCUT2D eigenvalue weighted by Crippen LogP contribution is -2.57. The van der Waals surface area contributed by atoms with Crippen LogP contribution < -0.4 is 10.6 Å². The molecule has 0 unspecified atom stereocenters. The molecule has 1 saturated heterocycles. The molecule has 2 N–H and O–H groups in total. The van der Waals surface area contributed by atoms with Crippen LogP contribution >= 0.6 is 12.4 Å². The Labute approximate surface area is 119 Å². The summed E-state index contributed by atoms with van der Waals surface area (Å²) >= 11 is 0. The van der Waals surface area contributed by atoms with Crippen molar-refractivity contribution in [3.63, 3.8) is 0 Å². The van der Waals surface area contributed by atoms with Crippen molar-refractivity contribution in [1.29, 1.82) is 0 Å². The van der Waals surface area contributed by atoms with Gasteiger partial charge in [0.2, 0.25) is 5.91 Å². The monoisotopic (exact) mass is 284 g/mol. The van der Waals surface area contributed by atoms with Gasteiger partial charge in [-0.2, -0.15) is 5.10 Å². The fourth-order valence-electron chi connectivity index (χ4n) is 2.79. The first-order valence-corrected chi connectivity index (χ1v) is 6.83. The maximum absolute atomic E-state index is 12.6. The van der Waals surface area contributed by atoms with Crippen LogP contribution in [0.3, 0.4) is 0 Å². The quantitative estimate of drug-likeness (QED) is 0.872. The Bertz CT molecular complexity index is 410. The van der Waals surface area contributed by atoms with E-state index in [1.165, 1.54) is 6.42 Å². The average Bonchev–Trinajstić information content (AvgIpc) is 2.88. The number of hydrogen-bond donors (Lipinski definition) is 2. The van der Waals surface area contributed by atoms with Crippen LogP contribution in [-0.4, -0.2) is 34.8 Å². The fourth-order valence-corrected chi connectivity index (χ4v) is 2.79. The number of aromatic nitrogens is 2. The van der Waals surface area contributed by atoms with Gasteiger partial charge in [-0.15, -0.1) is 12.4 Å². The topological polar surface area (TPSA) is 59.0 Å². The average molecular weight is 285 g/mol. The van der Waals surface area contributed by atoms with Gasteiger partial charge >= 0.3 is 0 Å². The number of halogens is 1. The van der Waals surface area contributed by atoms with E-state index in [9.17, 15) is 4.79 Å². The number of carbonyl (C=O) groups excluding carboxylic acids is 1. The molecule has 6 heteroatoms. The zero-order valence-corrected chi connectivity index (χ0v) is 11.8. The van der Waals surface area contributed by atoms with Crippen LogP contribution in [0.4, 0.5) is 0 Å². The first-order chi connectivity index (χ1) is 8.81. The molecule has 0 spiro atoms. The second-order valence-corrected chi connectivity index (χ2v) is 5.33. The lowest BCUT2D eigenvalue weighted by molar-refractivity contribution is -0.133. The highest BCUT2D eigenvalue weighted by molar-refractivity contribution is 5.85. The third-order valence-corrected chi connectivity index (χ3v) is 4.24. The van der Waals surface area contributed by atoms with Crippen molar-refractivity contribution in [2.45, 2.75) is 43.7 Å². The Morgan fingerprint density at radius 1 is 1.37 bits per heavy atom. The van der Waals surface area contributed by atoms with Crippen LogP contribution in [0, 0.1) is 0 Å². The molecule has 2 fully saturated rings. The molecule has 3 rings (SSSR count). The highest BCUT2D eigenvalue weighted by Crippen LogP contribution is 2.28. The van der Waals surface area contributed by atoms with Gasteiger partial charge in [0.1, 0.15) is 5.54 Å². The molecule has 0 atom stereocenters. The van der Waals surface area contributed by atoms with Gasteiger partial charge in [-0.05, 0) is 51.3 Å². The summed E-state index contributed by atoms with van der Waals surface area (Å²) in [7, 11) is 0. The zero-order chi connectivity index (χ0) is 12.4. The van der Waals surface area contributed by atoms with Crippen molar-refractivity contribution >= 4 is 18.3 Å². The molecule has 2 heterocycles. The van der Waals surface area contributed by atoms with Crippen LogP contribution in [0.25, 0.3) is 0 Å². The molecule has 1 aliphatic carbocycles. The molecule has 0 radical (unpaired) electrons. The van der Waals surface area contributed by atoms with Crippen LogP contribution in [0.5, 0.6) is 0 Å². The molecule has 0 aromatic carbocycles. The summed E-state index contributed by atoms with van der Waals surface area (Å²) < 4.78 is 1.85. The summed E-state index contributed by atoms with van der Waals surface area (Å²) in [5.41, 5.74) is -0.482. The van der Waals surface area contributed by atoms with Crippen LogP contribution in [-0.2, 0) is 10.3 Å². The molecule has 1 saturated carbocycles. The van der Waals surface area contributed by atoms with Crippen molar-refractivity contribution in [3.8, 4) is 0 Å². The summed E-state index contributed by atoms with van der Waals surface area (Å²) in [5.74, 6) is 0.150. The molecule has 0 bridgehead atoms. The Morgan fingerprint density at radius 3 is 2.63 bits per heavy atom. The fraction of sp³-hybridized carbons (Fsp3) is 0.692. The summed E-state index contributed by atoms with van der Waals surface area (Å²) in [6, 6.07) is 2.28. The number of piperidine rings is 1. The minimum atomic E-state index is -0.482. The predicted molar refractivity (Wildman–Crippen MR) is 75.3 cm³/mol. The summed E-state index contributed by atoms with van der Waals surface area (Å²) in [6.07, 6.45) is 8.77. The molecule has 1 aliphatic heterocycles. The molecule has 2 aliphatic rings. The zero-order valence-electron chi connectivity index (χ0n) is 11.0. The lowest BCUT2D eigenvalue weighted by Gasteiger charge is -2.39. The third kappa shape index (κ3) is 2.62. The van der Waals surface area contributed by atoms with Crippen molar-refractivity contribution in [3.05, 3.63) is 18.5 Å². The largest absolute Gasteiger partial charge is 0.351 e. The summed E-state index contributed by atoms with van der Waals surface area (Å²) in [5, 5.41) is 10.8. The van der Waals surface area contributed by atoms with E-state index in [1.54, 1.807) is 6.20 Å². The molecular weight excluding hydrogens is 264 g/mol. The van der Waals surface area contributed by atoms with Crippen LogP contribution in [0.1, 0.15) is 32.1 Å².